The van der Waals surface area contributed by atoms with Gasteiger partial charge in [-0.15, -0.1) is 0 Å². The number of nitrogens with one attached hydrogen (secondary N) is 1. The molecule has 3 aromatic carbocycles. The second-order valence-corrected chi connectivity index (χ2v) is 8.84. The lowest BCUT2D eigenvalue weighted by Crippen LogP contribution is -2.25. The smallest absolute Gasteiger partial charge is 0.251 e. The minimum Gasteiger partial charge on any atom is -0.493 e. The molecular formula is C29H33N3O5. The highest BCUT2D eigenvalue weighted by atomic mass is 16.5. The van der Waals surface area contributed by atoms with Crippen molar-refractivity contribution in [3.05, 3.63) is 77.6 Å². The highest BCUT2D eigenvalue weighted by Gasteiger charge is 2.18. The topological polar surface area (TPSA) is 83.8 Å². The van der Waals surface area contributed by atoms with Gasteiger partial charge in [-0.05, 0) is 47.9 Å². The third kappa shape index (κ3) is 5.80. The predicted molar refractivity (Wildman–Crippen MR) is 143 cm³/mol. The lowest BCUT2D eigenvalue weighted by molar-refractivity contribution is 0.0948. The first-order valence-corrected chi connectivity index (χ1v) is 12.2. The van der Waals surface area contributed by atoms with Crippen molar-refractivity contribution < 1.29 is 23.7 Å². The molecule has 0 radical (unpaired) electrons. The number of imidazole rings is 1. The van der Waals surface area contributed by atoms with Crippen molar-refractivity contribution in [1.29, 1.82) is 0 Å². The summed E-state index contributed by atoms with van der Waals surface area (Å²) in [7, 11) is 4.55. The van der Waals surface area contributed by atoms with E-state index in [0.717, 1.165) is 22.6 Å². The normalized spacial score (nSPS) is 11.0. The first-order chi connectivity index (χ1) is 17.9. The van der Waals surface area contributed by atoms with Crippen LogP contribution >= 0.6 is 0 Å². The standard InChI is InChI=1S/C29H33N3O5/c1-19(2)20-10-12-22(13-11-20)37-15-14-32-24-9-7-6-8-23(24)31-27(32)18-30-29(33)21-16-25(34-3)28(36-5)26(17-21)35-4/h6-13,16-17,19H,14-15,18H2,1-5H3,(H,30,33). The fourth-order valence-corrected chi connectivity index (χ4v) is 4.19. The van der Waals surface area contributed by atoms with Gasteiger partial charge in [0.25, 0.3) is 5.91 Å². The van der Waals surface area contributed by atoms with Gasteiger partial charge in [-0.2, -0.15) is 0 Å². The summed E-state index contributed by atoms with van der Waals surface area (Å²) in [6, 6.07) is 19.3. The van der Waals surface area contributed by atoms with Gasteiger partial charge in [-0.25, -0.2) is 4.98 Å². The Bertz CT molecular complexity index is 1340. The van der Waals surface area contributed by atoms with Gasteiger partial charge in [0.2, 0.25) is 5.75 Å². The third-order valence-corrected chi connectivity index (χ3v) is 6.20. The van der Waals surface area contributed by atoms with Crippen molar-refractivity contribution in [2.24, 2.45) is 0 Å². The van der Waals surface area contributed by atoms with Gasteiger partial charge < -0.3 is 28.8 Å². The molecule has 4 rings (SSSR count). The Balaban J connectivity index is 1.49. The quantitative estimate of drug-likeness (QED) is 0.303. The van der Waals surface area contributed by atoms with Crippen LogP contribution in [0.1, 0.15) is 41.5 Å². The zero-order valence-electron chi connectivity index (χ0n) is 21.9. The number of carbonyl (C=O) groups excluding carboxylic acids is 1. The fraction of sp³-hybridized carbons (Fsp3) is 0.310. The van der Waals surface area contributed by atoms with E-state index in [0.29, 0.717) is 41.9 Å². The van der Waals surface area contributed by atoms with Crippen molar-refractivity contribution in [2.75, 3.05) is 27.9 Å². The molecule has 8 nitrogen and oxygen atoms in total. The molecule has 0 bridgehead atoms. The Hall–Kier alpha value is -4.20. The van der Waals surface area contributed by atoms with Crippen molar-refractivity contribution in [1.82, 2.24) is 14.9 Å². The second-order valence-electron chi connectivity index (χ2n) is 8.84. The number of aromatic nitrogens is 2. The number of nitrogens with zero attached hydrogens (tertiary/aromatic N) is 2. The molecule has 4 aromatic rings. The number of methoxy groups -OCH3 is 3. The molecular weight excluding hydrogens is 470 g/mol. The van der Waals surface area contributed by atoms with Crippen LogP contribution in [0.3, 0.4) is 0 Å². The van der Waals surface area contributed by atoms with Crippen LogP contribution in [0.25, 0.3) is 11.0 Å². The van der Waals surface area contributed by atoms with Crippen LogP contribution < -0.4 is 24.3 Å². The van der Waals surface area contributed by atoms with Crippen LogP contribution in [-0.2, 0) is 13.1 Å². The summed E-state index contributed by atoms with van der Waals surface area (Å²) >= 11 is 0. The number of benzene rings is 3. The van der Waals surface area contributed by atoms with Crippen molar-refractivity contribution in [3.8, 4) is 23.0 Å². The number of rotatable bonds is 11. The molecule has 0 atom stereocenters. The second kappa shape index (κ2) is 11.7. The van der Waals surface area contributed by atoms with Gasteiger partial charge in [-0.1, -0.05) is 38.1 Å². The van der Waals surface area contributed by atoms with Crippen LogP contribution in [-0.4, -0.2) is 43.4 Å². The SMILES string of the molecule is COc1cc(C(=O)NCc2nc3ccccc3n2CCOc2ccc(C(C)C)cc2)cc(OC)c1OC. The molecule has 1 heterocycles. The largest absolute Gasteiger partial charge is 0.493 e. The van der Waals surface area contributed by atoms with Gasteiger partial charge in [0.15, 0.2) is 11.5 Å². The number of amides is 1. The fourth-order valence-electron chi connectivity index (χ4n) is 4.19. The van der Waals surface area contributed by atoms with Crippen LogP contribution in [0, 0.1) is 0 Å². The molecule has 0 saturated carbocycles. The van der Waals surface area contributed by atoms with Gasteiger partial charge in [0.05, 0.1) is 45.5 Å². The summed E-state index contributed by atoms with van der Waals surface area (Å²) in [4.78, 5) is 17.8. The molecule has 0 aliphatic carbocycles. The first-order valence-electron chi connectivity index (χ1n) is 12.2. The maximum Gasteiger partial charge on any atom is 0.251 e. The molecule has 8 heteroatoms. The van der Waals surface area contributed by atoms with E-state index in [1.54, 1.807) is 12.1 Å². The van der Waals surface area contributed by atoms with Gasteiger partial charge in [0.1, 0.15) is 18.2 Å². The zero-order chi connectivity index (χ0) is 26.4. The summed E-state index contributed by atoms with van der Waals surface area (Å²) in [6.45, 7) is 5.63. The summed E-state index contributed by atoms with van der Waals surface area (Å²) in [5.41, 5.74) is 3.52. The minimum atomic E-state index is -0.278. The van der Waals surface area contributed by atoms with E-state index in [2.05, 4.69) is 35.9 Å². The Labute approximate surface area is 217 Å². The molecule has 37 heavy (non-hydrogen) atoms. The molecule has 0 spiro atoms. The van der Waals surface area contributed by atoms with Crippen molar-refractivity contribution in [3.63, 3.8) is 0 Å². The number of ether oxygens (including phenoxy) is 4. The average Bonchev–Trinajstić information content (AvgIpc) is 3.28. The lowest BCUT2D eigenvalue weighted by atomic mass is 10.0. The Kier molecular flexibility index (Phi) is 8.18. The van der Waals surface area contributed by atoms with Gasteiger partial charge in [0, 0.05) is 5.56 Å². The third-order valence-electron chi connectivity index (χ3n) is 6.20. The summed E-state index contributed by atoms with van der Waals surface area (Å²) in [6.07, 6.45) is 0. The van der Waals surface area contributed by atoms with E-state index in [1.165, 1.54) is 26.9 Å². The number of hydrogen-bond acceptors (Lipinski definition) is 6. The Morgan fingerprint density at radius 1 is 0.946 bits per heavy atom. The highest BCUT2D eigenvalue weighted by molar-refractivity contribution is 5.95. The summed E-state index contributed by atoms with van der Waals surface area (Å²) < 4.78 is 24.2. The van der Waals surface area contributed by atoms with Crippen molar-refractivity contribution in [2.45, 2.75) is 32.9 Å². The van der Waals surface area contributed by atoms with E-state index in [9.17, 15) is 4.79 Å². The molecule has 194 valence electrons. The maximum atomic E-state index is 13.0. The van der Waals surface area contributed by atoms with E-state index in [1.807, 2.05) is 36.4 Å². The minimum absolute atomic E-state index is 0.243. The molecule has 0 unspecified atom stereocenters. The molecule has 0 fully saturated rings. The lowest BCUT2D eigenvalue weighted by Gasteiger charge is -2.14. The number of fused-ring (bicyclic) bond motifs is 1. The molecule has 0 aliphatic rings. The van der Waals surface area contributed by atoms with Crippen molar-refractivity contribution >= 4 is 16.9 Å². The van der Waals surface area contributed by atoms with Crippen LogP contribution in [0.2, 0.25) is 0 Å². The molecule has 0 saturated heterocycles. The zero-order valence-corrected chi connectivity index (χ0v) is 21.9. The molecule has 1 aromatic heterocycles. The molecule has 0 aliphatic heterocycles. The van der Waals surface area contributed by atoms with E-state index < -0.39 is 0 Å². The highest BCUT2D eigenvalue weighted by Crippen LogP contribution is 2.38. The number of hydrogen-bond donors (Lipinski definition) is 1. The van der Waals surface area contributed by atoms with Crippen LogP contribution in [0.4, 0.5) is 0 Å². The number of carbonyl (C=O) groups is 1. The molecule has 1 N–H and O–H groups in total. The van der Waals surface area contributed by atoms with E-state index >= 15 is 0 Å². The Morgan fingerprint density at radius 2 is 1.62 bits per heavy atom. The monoisotopic (exact) mass is 503 g/mol. The molecule has 1 amide bonds. The average molecular weight is 504 g/mol. The van der Waals surface area contributed by atoms with Gasteiger partial charge >= 0.3 is 0 Å². The van der Waals surface area contributed by atoms with Gasteiger partial charge in [-0.3, -0.25) is 4.79 Å². The summed E-state index contributed by atoms with van der Waals surface area (Å²) in [5, 5.41) is 2.97. The van der Waals surface area contributed by atoms with E-state index in [4.69, 9.17) is 23.9 Å². The van der Waals surface area contributed by atoms with Crippen LogP contribution in [0.15, 0.2) is 60.7 Å². The summed E-state index contributed by atoms with van der Waals surface area (Å²) in [5.74, 6) is 3.02. The van der Waals surface area contributed by atoms with Crippen LogP contribution in [0.5, 0.6) is 23.0 Å². The predicted octanol–water partition coefficient (Wildman–Crippen LogP) is 5.19. The number of para-hydroxylation sites is 2. The maximum absolute atomic E-state index is 13.0. The van der Waals surface area contributed by atoms with E-state index in [-0.39, 0.29) is 12.5 Å². The Morgan fingerprint density at radius 3 is 2.24 bits per heavy atom. The first kappa shape index (κ1) is 25.9.